The quantitative estimate of drug-likeness (QED) is 0.226. The van der Waals surface area contributed by atoms with Crippen molar-refractivity contribution in [2.45, 2.75) is 43.8 Å². The van der Waals surface area contributed by atoms with Crippen LogP contribution in [0.15, 0.2) is 64.5 Å². The Morgan fingerprint density at radius 1 is 1.06 bits per heavy atom. The van der Waals surface area contributed by atoms with Gasteiger partial charge in [-0.3, -0.25) is 14.2 Å². The maximum atomic E-state index is 13.8. The van der Waals surface area contributed by atoms with Gasteiger partial charge >= 0.3 is 0 Å². The third-order valence-electron chi connectivity index (χ3n) is 5.96. The third kappa shape index (κ3) is 4.79. The Bertz CT molecular complexity index is 1380. The van der Waals surface area contributed by atoms with Crippen molar-refractivity contribution >= 4 is 39.2 Å². The number of thioether (sulfide) groups is 1. The zero-order valence-electron chi connectivity index (χ0n) is 18.6. The van der Waals surface area contributed by atoms with Gasteiger partial charge in [-0.25, -0.2) is 9.37 Å². The molecule has 0 saturated heterocycles. The van der Waals surface area contributed by atoms with Gasteiger partial charge in [0.1, 0.15) is 10.6 Å². The Hall–Kier alpha value is -2.97. The second-order valence-electron chi connectivity index (χ2n) is 8.31. The maximum Gasteiger partial charge on any atom is 0.267 e. The van der Waals surface area contributed by atoms with Crippen LogP contribution in [-0.2, 0) is 24.2 Å². The van der Waals surface area contributed by atoms with E-state index in [-0.39, 0.29) is 23.0 Å². The Morgan fingerprint density at radius 3 is 2.62 bits per heavy atom. The van der Waals surface area contributed by atoms with Crippen LogP contribution in [0.3, 0.4) is 0 Å². The first kappa shape index (κ1) is 22.8. The van der Waals surface area contributed by atoms with Crippen LogP contribution in [0.5, 0.6) is 0 Å². The zero-order chi connectivity index (χ0) is 23.5. The summed E-state index contributed by atoms with van der Waals surface area (Å²) in [6, 6.07) is 15.5. The van der Waals surface area contributed by atoms with Gasteiger partial charge in [0.15, 0.2) is 5.16 Å². The highest BCUT2D eigenvalue weighted by Gasteiger charge is 2.22. The molecule has 174 valence electrons. The van der Waals surface area contributed by atoms with Gasteiger partial charge in [0, 0.05) is 11.4 Å². The maximum absolute atomic E-state index is 13.8. The Kier molecular flexibility index (Phi) is 6.78. The van der Waals surface area contributed by atoms with E-state index >= 15 is 0 Å². The van der Waals surface area contributed by atoms with E-state index in [2.05, 4.69) is 5.32 Å². The molecule has 1 N–H and O–H groups in total. The van der Waals surface area contributed by atoms with Crippen molar-refractivity contribution in [1.29, 1.82) is 0 Å². The summed E-state index contributed by atoms with van der Waals surface area (Å²) in [7, 11) is 0. The number of fused-ring (bicyclic) bond motifs is 3. The third-order valence-corrected chi connectivity index (χ3v) is 8.08. The molecule has 34 heavy (non-hydrogen) atoms. The van der Waals surface area contributed by atoms with Crippen molar-refractivity contribution in [3.63, 3.8) is 0 Å². The van der Waals surface area contributed by atoms with Crippen molar-refractivity contribution in [3.8, 4) is 5.69 Å². The molecule has 0 unspecified atom stereocenters. The van der Waals surface area contributed by atoms with E-state index in [1.165, 1.54) is 35.2 Å². The van der Waals surface area contributed by atoms with E-state index in [0.29, 0.717) is 11.7 Å². The minimum absolute atomic E-state index is 0.0650. The molecule has 2 aromatic heterocycles. The van der Waals surface area contributed by atoms with Gasteiger partial charge in [-0.1, -0.05) is 48.5 Å². The summed E-state index contributed by atoms with van der Waals surface area (Å²) < 4.78 is 14.7. The lowest BCUT2D eigenvalue weighted by atomic mass is 10.1. The van der Waals surface area contributed by atoms with Gasteiger partial charge in [0.05, 0.1) is 16.8 Å². The van der Waals surface area contributed by atoms with Crippen molar-refractivity contribution in [2.24, 2.45) is 0 Å². The van der Waals surface area contributed by atoms with Crippen LogP contribution in [0.1, 0.15) is 35.3 Å². The van der Waals surface area contributed by atoms with E-state index in [4.69, 9.17) is 4.98 Å². The van der Waals surface area contributed by atoms with Gasteiger partial charge in [-0.05, 0) is 61.1 Å². The first-order valence-corrected chi connectivity index (χ1v) is 13.2. The molecular formula is C26H24FN3O2S2. The summed E-state index contributed by atoms with van der Waals surface area (Å²) in [5, 5.41) is 4.10. The standard InChI is InChI=1S/C26H24FN3O2S2/c27-18-13-11-17(12-14-18)15-28-22(31)16-33-26-29-24-23(20-9-5-2-6-10-21(20)34-24)25(32)30(26)19-7-3-1-4-8-19/h1,3-4,7-8,11-14H,2,5-6,9-10,15-16H2,(H,28,31). The van der Waals surface area contributed by atoms with E-state index < -0.39 is 0 Å². The molecule has 1 amide bonds. The fourth-order valence-electron chi connectivity index (χ4n) is 4.25. The molecule has 2 heterocycles. The zero-order valence-corrected chi connectivity index (χ0v) is 20.2. The molecule has 0 atom stereocenters. The number of halogens is 1. The summed E-state index contributed by atoms with van der Waals surface area (Å²) >= 11 is 2.87. The lowest BCUT2D eigenvalue weighted by Crippen LogP contribution is -2.26. The number of carbonyl (C=O) groups excluding carboxylic acids is 1. The number of thiophene rings is 1. The molecule has 0 bridgehead atoms. The second-order valence-corrected chi connectivity index (χ2v) is 10.3. The predicted octanol–water partition coefficient (Wildman–Crippen LogP) is 5.26. The van der Waals surface area contributed by atoms with Crippen molar-refractivity contribution in [3.05, 3.63) is 86.8 Å². The van der Waals surface area contributed by atoms with Gasteiger partial charge in [-0.15, -0.1) is 11.3 Å². The number of nitrogens with zero attached hydrogens (tertiary/aromatic N) is 2. The predicted molar refractivity (Wildman–Crippen MR) is 135 cm³/mol. The molecule has 0 aliphatic heterocycles. The molecule has 0 spiro atoms. The Balaban J connectivity index is 1.44. The highest BCUT2D eigenvalue weighted by Crippen LogP contribution is 2.34. The number of aryl methyl sites for hydroxylation is 2. The molecule has 1 aliphatic carbocycles. The van der Waals surface area contributed by atoms with E-state index in [9.17, 15) is 14.0 Å². The number of carbonyl (C=O) groups is 1. The normalized spacial score (nSPS) is 13.4. The number of amides is 1. The van der Waals surface area contributed by atoms with Gasteiger partial charge in [0.2, 0.25) is 5.91 Å². The smallest absolute Gasteiger partial charge is 0.267 e. The van der Waals surface area contributed by atoms with E-state index in [0.717, 1.165) is 52.7 Å². The average molecular weight is 494 g/mol. The van der Waals surface area contributed by atoms with Crippen LogP contribution in [0.25, 0.3) is 15.9 Å². The van der Waals surface area contributed by atoms with Gasteiger partial charge in [-0.2, -0.15) is 0 Å². The molecule has 4 aromatic rings. The summed E-state index contributed by atoms with van der Waals surface area (Å²) in [4.78, 5) is 33.2. The molecule has 5 rings (SSSR count). The highest BCUT2D eigenvalue weighted by molar-refractivity contribution is 7.99. The van der Waals surface area contributed by atoms with Gasteiger partial charge in [0.25, 0.3) is 5.56 Å². The fraction of sp³-hybridized carbons (Fsp3) is 0.269. The Labute approximate surface area is 205 Å². The molecule has 1 aliphatic rings. The van der Waals surface area contributed by atoms with Crippen LogP contribution >= 0.6 is 23.1 Å². The van der Waals surface area contributed by atoms with Crippen LogP contribution in [0.2, 0.25) is 0 Å². The number of benzene rings is 2. The van der Waals surface area contributed by atoms with Crippen molar-refractivity contribution in [1.82, 2.24) is 14.9 Å². The molecule has 2 aromatic carbocycles. The van der Waals surface area contributed by atoms with Crippen molar-refractivity contribution in [2.75, 3.05) is 5.75 Å². The SMILES string of the molecule is O=C(CSc1nc2sc3c(c2c(=O)n1-c1ccccc1)CCCCC3)NCc1ccc(F)cc1. The van der Waals surface area contributed by atoms with Gasteiger partial charge < -0.3 is 5.32 Å². The molecule has 0 saturated carbocycles. The molecule has 8 heteroatoms. The minimum atomic E-state index is -0.308. The average Bonchev–Trinajstić information content (AvgIpc) is 3.04. The Morgan fingerprint density at radius 2 is 1.82 bits per heavy atom. The summed E-state index contributed by atoms with van der Waals surface area (Å²) in [5.74, 6) is -0.362. The highest BCUT2D eigenvalue weighted by atomic mass is 32.2. The molecule has 0 fully saturated rings. The van der Waals surface area contributed by atoms with Crippen LogP contribution < -0.4 is 10.9 Å². The van der Waals surface area contributed by atoms with Crippen molar-refractivity contribution < 1.29 is 9.18 Å². The number of nitrogens with one attached hydrogen (secondary N) is 1. The topological polar surface area (TPSA) is 64.0 Å². The summed E-state index contributed by atoms with van der Waals surface area (Å²) in [6.45, 7) is 0.315. The fourth-order valence-corrected chi connectivity index (χ4v) is 6.39. The number of para-hydroxylation sites is 1. The largest absolute Gasteiger partial charge is 0.351 e. The lowest BCUT2D eigenvalue weighted by molar-refractivity contribution is -0.118. The number of rotatable bonds is 6. The molecule has 0 radical (unpaired) electrons. The lowest BCUT2D eigenvalue weighted by Gasteiger charge is -2.12. The van der Waals surface area contributed by atoms with Crippen LogP contribution in [-0.4, -0.2) is 21.2 Å². The van der Waals surface area contributed by atoms with Crippen LogP contribution in [0.4, 0.5) is 4.39 Å². The van der Waals surface area contributed by atoms with E-state index in [1.54, 1.807) is 28.0 Å². The van der Waals surface area contributed by atoms with E-state index in [1.807, 2.05) is 30.3 Å². The number of hydrogen-bond acceptors (Lipinski definition) is 5. The summed E-state index contributed by atoms with van der Waals surface area (Å²) in [5.41, 5.74) is 2.66. The minimum Gasteiger partial charge on any atom is -0.351 e. The monoisotopic (exact) mass is 493 g/mol. The first-order valence-electron chi connectivity index (χ1n) is 11.4. The number of aromatic nitrogens is 2. The van der Waals surface area contributed by atoms with Crippen LogP contribution in [0, 0.1) is 5.82 Å². The number of hydrogen-bond donors (Lipinski definition) is 1. The summed E-state index contributed by atoms with van der Waals surface area (Å²) in [6.07, 6.45) is 5.33. The first-order chi connectivity index (χ1) is 16.6. The second kappa shape index (κ2) is 10.1. The molecular weight excluding hydrogens is 469 g/mol. The molecule has 5 nitrogen and oxygen atoms in total.